The predicted octanol–water partition coefficient (Wildman–Crippen LogP) is 2.46. The largest absolute Gasteiger partial charge is 0.416 e. The molecule has 1 aromatic rings. The molecule has 2 nitrogen and oxygen atoms in total. The molecule has 1 atom stereocenters. The summed E-state index contributed by atoms with van der Waals surface area (Å²) in [6, 6.07) is 5.52. The Labute approximate surface area is 105 Å². The van der Waals surface area contributed by atoms with Gasteiger partial charge in [0.25, 0.3) is 0 Å². The van der Waals surface area contributed by atoms with E-state index in [1.807, 2.05) is 14.1 Å². The van der Waals surface area contributed by atoms with Crippen molar-refractivity contribution >= 4 is 0 Å². The van der Waals surface area contributed by atoms with Crippen molar-refractivity contribution in [2.24, 2.45) is 0 Å². The molecule has 0 bridgehead atoms. The summed E-state index contributed by atoms with van der Waals surface area (Å²) >= 11 is 0. The third-order valence-corrected chi connectivity index (χ3v) is 3.74. The molecule has 0 aliphatic carbocycles. The van der Waals surface area contributed by atoms with Crippen LogP contribution in [0.5, 0.6) is 0 Å². The van der Waals surface area contributed by atoms with E-state index in [1.165, 1.54) is 12.1 Å². The summed E-state index contributed by atoms with van der Waals surface area (Å²) in [5, 5.41) is 3.27. The quantitative estimate of drug-likeness (QED) is 0.876. The number of nitrogens with one attached hydrogen (secondary N) is 1. The van der Waals surface area contributed by atoms with Crippen LogP contribution in [0, 0.1) is 0 Å². The van der Waals surface area contributed by atoms with Crippen LogP contribution in [-0.4, -0.2) is 32.1 Å². The number of nitrogens with zero attached hydrogens (tertiary/aromatic N) is 1. The molecule has 1 fully saturated rings. The van der Waals surface area contributed by atoms with Crippen LogP contribution in [0.4, 0.5) is 13.2 Å². The van der Waals surface area contributed by atoms with Crippen LogP contribution < -0.4 is 5.32 Å². The molecular formula is C13H17F3N2. The van der Waals surface area contributed by atoms with Crippen molar-refractivity contribution in [1.82, 2.24) is 10.2 Å². The second-order valence-corrected chi connectivity index (χ2v) is 4.93. The zero-order chi connectivity index (χ0) is 13.4. The molecule has 18 heavy (non-hydrogen) atoms. The van der Waals surface area contributed by atoms with Gasteiger partial charge in [0, 0.05) is 6.54 Å². The minimum atomic E-state index is -4.27. The number of alkyl halides is 3. The highest BCUT2D eigenvalue weighted by atomic mass is 19.4. The van der Waals surface area contributed by atoms with Crippen molar-refractivity contribution in [3.63, 3.8) is 0 Å². The Balaban J connectivity index is 2.33. The molecule has 0 amide bonds. The molecule has 1 unspecified atom stereocenters. The summed E-state index contributed by atoms with van der Waals surface area (Å²) in [6.07, 6.45) is -3.36. The van der Waals surface area contributed by atoms with E-state index < -0.39 is 11.7 Å². The first-order chi connectivity index (χ1) is 8.36. The van der Waals surface area contributed by atoms with Gasteiger partial charge in [-0.25, -0.2) is 0 Å². The number of hydrogen-bond donors (Lipinski definition) is 1. The molecule has 1 saturated heterocycles. The van der Waals surface area contributed by atoms with E-state index >= 15 is 0 Å². The molecule has 1 N–H and O–H groups in total. The zero-order valence-corrected chi connectivity index (χ0v) is 10.5. The van der Waals surface area contributed by atoms with Gasteiger partial charge in [-0.2, -0.15) is 13.2 Å². The van der Waals surface area contributed by atoms with E-state index in [-0.39, 0.29) is 5.54 Å². The maximum absolute atomic E-state index is 12.5. The number of halogens is 3. The Kier molecular flexibility index (Phi) is 3.38. The van der Waals surface area contributed by atoms with Gasteiger partial charge in [0.05, 0.1) is 11.1 Å². The van der Waals surface area contributed by atoms with Crippen LogP contribution >= 0.6 is 0 Å². The van der Waals surface area contributed by atoms with Crippen LogP contribution in [0.2, 0.25) is 0 Å². The summed E-state index contributed by atoms with van der Waals surface area (Å²) in [6.45, 7) is 1.66. The molecular weight excluding hydrogens is 241 g/mol. The Morgan fingerprint density at radius 2 is 1.78 bits per heavy atom. The highest BCUT2D eigenvalue weighted by Crippen LogP contribution is 2.35. The monoisotopic (exact) mass is 258 g/mol. The molecule has 0 aromatic heterocycles. The standard InChI is InChI=1S/C13H17F3N2/c1-18(2)12(7-8-17-9-12)10-3-5-11(6-4-10)13(14,15)16/h3-6,17H,7-9H2,1-2H3. The number of likely N-dealkylation sites (N-methyl/N-ethyl adjacent to an activating group) is 1. The van der Waals surface area contributed by atoms with E-state index in [4.69, 9.17) is 0 Å². The highest BCUT2D eigenvalue weighted by Gasteiger charge is 2.38. The lowest BCUT2D eigenvalue weighted by Gasteiger charge is -2.36. The van der Waals surface area contributed by atoms with Gasteiger partial charge in [-0.05, 0) is 44.8 Å². The molecule has 1 aliphatic rings. The predicted molar refractivity (Wildman–Crippen MR) is 64.3 cm³/mol. The van der Waals surface area contributed by atoms with Crippen LogP contribution in [-0.2, 0) is 11.7 Å². The van der Waals surface area contributed by atoms with Crippen molar-refractivity contribution in [1.29, 1.82) is 0 Å². The van der Waals surface area contributed by atoms with E-state index in [2.05, 4.69) is 10.2 Å². The van der Waals surface area contributed by atoms with E-state index in [0.717, 1.165) is 25.1 Å². The first-order valence-corrected chi connectivity index (χ1v) is 5.92. The average Bonchev–Trinajstić information content (AvgIpc) is 2.78. The summed E-state index contributed by atoms with van der Waals surface area (Å²) in [5.41, 5.74) is 0.154. The number of rotatable bonds is 2. The SMILES string of the molecule is CN(C)C1(c2ccc(C(F)(F)F)cc2)CCNC1. The fraction of sp³-hybridized carbons (Fsp3) is 0.538. The van der Waals surface area contributed by atoms with Crippen molar-refractivity contribution in [2.75, 3.05) is 27.2 Å². The molecule has 1 heterocycles. The minimum absolute atomic E-state index is 0.190. The van der Waals surface area contributed by atoms with Gasteiger partial charge >= 0.3 is 6.18 Å². The van der Waals surface area contributed by atoms with Gasteiger partial charge in [-0.1, -0.05) is 12.1 Å². The average molecular weight is 258 g/mol. The maximum atomic E-state index is 12.5. The summed E-state index contributed by atoms with van der Waals surface area (Å²) < 4.78 is 37.6. The van der Waals surface area contributed by atoms with Gasteiger partial charge in [0.1, 0.15) is 0 Å². The van der Waals surface area contributed by atoms with Crippen molar-refractivity contribution in [2.45, 2.75) is 18.1 Å². The van der Waals surface area contributed by atoms with Gasteiger partial charge in [-0.15, -0.1) is 0 Å². The third-order valence-electron chi connectivity index (χ3n) is 3.74. The van der Waals surface area contributed by atoms with E-state index in [1.54, 1.807) is 12.1 Å². The lowest BCUT2D eigenvalue weighted by molar-refractivity contribution is -0.137. The molecule has 0 saturated carbocycles. The van der Waals surface area contributed by atoms with Crippen LogP contribution in [0.3, 0.4) is 0 Å². The van der Waals surface area contributed by atoms with E-state index in [9.17, 15) is 13.2 Å². The minimum Gasteiger partial charge on any atom is -0.314 e. The topological polar surface area (TPSA) is 15.3 Å². The number of hydrogen-bond acceptors (Lipinski definition) is 2. The van der Waals surface area contributed by atoms with Gasteiger partial charge in [0.2, 0.25) is 0 Å². The van der Waals surface area contributed by atoms with E-state index in [0.29, 0.717) is 0 Å². The zero-order valence-electron chi connectivity index (χ0n) is 10.5. The fourth-order valence-electron chi connectivity index (χ4n) is 2.53. The van der Waals surface area contributed by atoms with Gasteiger partial charge in [0.15, 0.2) is 0 Å². The summed E-state index contributed by atoms with van der Waals surface area (Å²) in [5.74, 6) is 0. The maximum Gasteiger partial charge on any atom is 0.416 e. The van der Waals surface area contributed by atoms with Gasteiger partial charge < -0.3 is 5.32 Å². The first-order valence-electron chi connectivity index (χ1n) is 5.92. The highest BCUT2D eigenvalue weighted by molar-refractivity contribution is 5.31. The lowest BCUT2D eigenvalue weighted by atomic mass is 9.87. The normalized spacial score (nSPS) is 24.8. The Morgan fingerprint density at radius 1 is 1.17 bits per heavy atom. The summed E-state index contributed by atoms with van der Waals surface area (Å²) in [4.78, 5) is 2.08. The molecule has 100 valence electrons. The molecule has 5 heteroatoms. The molecule has 0 spiro atoms. The molecule has 0 radical (unpaired) electrons. The molecule has 1 aliphatic heterocycles. The van der Waals surface area contributed by atoms with Crippen LogP contribution in [0.25, 0.3) is 0 Å². The Bertz CT molecular complexity index is 403. The van der Waals surface area contributed by atoms with Crippen molar-refractivity contribution in [3.05, 3.63) is 35.4 Å². The van der Waals surface area contributed by atoms with Crippen LogP contribution in [0.1, 0.15) is 17.5 Å². The molecule has 1 aromatic carbocycles. The van der Waals surface area contributed by atoms with Gasteiger partial charge in [-0.3, -0.25) is 4.90 Å². The second kappa shape index (κ2) is 4.55. The number of benzene rings is 1. The first kappa shape index (κ1) is 13.4. The smallest absolute Gasteiger partial charge is 0.314 e. The third kappa shape index (κ3) is 2.24. The lowest BCUT2D eigenvalue weighted by Crippen LogP contribution is -2.43. The molecule has 2 rings (SSSR count). The second-order valence-electron chi connectivity index (χ2n) is 4.93. The van der Waals surface area contributed by atoms with Crippen molar-refractivity contribution < 1.29 is 13.2 Å². The van der Waals surface area contributed by atoms with Crippen LogP contribution in [0.15, 0.2) is 24.3 Å². The Hall–Kier alpha value is -1.07. The summed E-state index contributed by atoms with van der Waals surface area (Å²) in [7, 11) is 3.93. The van der Waals surface area contributed by atoms with Crippen molar-refractivity contribution in [3.8, 4) is 0 Å². The fourth-order valence-corrected chi connectivity index (χ4v) is 2.53. The Morgan fingerprint density at radius 3 is 2.17 bits per heavy atom.